The standard InChI is InChI=1S/C18H30O7/c1-11(2)15(17(21,9-19)5-13-7-23-13)25-16(12(3)4)18(22,10-20)6-14-8-24-14/h13-14,19-22H,5-10H2,1-4H3. The molecule has 2 aliphatic heterocycles. The zero-order chi connectivity index (χ0) is 18.8. The lowest BCUT2D eigenvalue weighted by Gasteiger charge is -2.35. The Hall–Kier alpha value is -0.960. The number of rotatable bonds is 10. The molecule has 25 heavy (non-hydrogen) atoms. The van der Waals surface area contributed by atoms with Crippen LogP contribution in [0.2, 0.25) is 0 Å². The molecule has 0 saturated carbocycles. The number of hydrogen-bond acceptors (Lipinski definition) is 7. The van der Waals surface area contributed by atoms with Crippen LogP contribution in [-0.2, 0) is 14.2 Å². The van der Waals surface area contributed by atoms with Crippen LogP contribution < -0.4 is 0 Å². The van der Waals surface area contributed by atoms with Gasteiger partial charge in [-0.15, -0.1) is 0 Å². The summed E-state index contributed by atoms with van der Waals surface area (Å²) in [5, 5.41) is 41.4. The minimum Gasteiger partial charge on any atom is -0.460 e. The molecule has 0 aromatic heterocycles. The predicted molar refractivity (Wildman–Crippen MR) is 90.6 cm³/mol. The smallest absolute Gasteiger partial charge is 0.147 e. The normalized spacial score (nSPS) is 26.2. The minimum absolute atomic E-state index is 0.123. The number of epoxide rings is 2. The number of hydrogen-bond donors (Lipinski definition) is 4. The fourth-order valence-electron chi connectivity index (χ4n) is 3.01. The molecular weight excluding hydrogens is 328 g/mol. The lowest BCUT2D eigenvalue weighted by atomic mass is 9.91. The van der Waals surface area contributed by atoms with Crippen LogP contribution in [0.25, 0.3) is 0 Å². The Morgan fingerprint density at radius 1 is 0.840 bits per heavy atom. The monoisotopic (exact) mass is 358 g/mol. The molecule has 0 bridgehead atoms. The largest absolute Gasteiger partial charge is 0.460 e. The zero-order valence-corrected chi connectivity index (χ0v) is 15.4. The van der Waals surface area contributed by atoms with Crippen molar-refractivity contribution >= 4 is 0 Å². The van der Waals surface area contributed by atoms with Gasteiger partial charge in [0.25, 0.3) is 0 Å². The predicted octanol–water partition coefficient (Wildman–Crippen LogP) is 0.615. The van der Waals surface area contributed by atoms with E-state index < -0.39 is 24.4 Å². The number of allylic oxidation sites excluding steroid dienone is 2. The van der Waals surface area contributed by atoms with E-state index in [0.29, 0.717) is 24.4 Å². The van der Waals surface area contributed by atoms with Crippen molar-refractivity contribution in [1.82, 2.24) is 0 Å². The third-order valence-electron chi connectivity index (χ3n) is 4.42. The highest BCUT2D eigenvalue weighted by Gasteiger charge is 2.45. The van der Waals surface area contributed by atoms with Gasteiger partial charge < -0.3 is 34.6 Å². The van der Waals surface area contributed by atoms with Crippen LogP contribution in [0, 0.1) is 0 Å². The maximum Gasteiger partial charge on any atom is 0.147 e. The van der Waals surface area contributed by atoms with E-state index in [-0.39, 0.29) is 36.6 Å². The molecular formula is C18H30O7. The maximum atomic E-state index is 10.9. The summed E-state index contributed by atoms with van der Waals surface area (Å²) in [6.45, 7) is 7.03. The lowest BCUT2D eigenvalue weighted by molar-refractivity contribution is -0.0664. The Morgan fingerprint density at radius 3 is 1.36 bits per heavy atom. The molecule has 7 nitrogen and oxygen atoms in total. The summed E-state index contributed by atoms with van der Waals surface area (Å²) < 4.78 is 16.3. The Balaban J connectivity index is 2.31. The fraction of sp³-hybridized carbons (Fsp3) is 0.778. The van der Waals surface area contributed by atoms with Crippen LogP contribution in [0.4, 0.5) is 0 Å². The second-order valence-corrected chi connectivity index (χ2v) is 7.46. The summed E-state index contributed by atoms with van der Waals surface area (Å²) >= 11 is 0. The average molecular weight is 358 g/mol. The summed E-state index contributed by atoms with van der Waals surface area (Å²) in [5.74, 6) is 0.343. The van der Waals surface area contributed by atoms with Gasteiger partial charge in [-0.3, -0.25) is 0 Å². The van der Waals surface area contributed by atoms with Crippen LogP contribution in [0.15, 0.2) is 22.7 Å². The van der Waals surface area contributed by atoms with Gasteiger partial charge in [0.05, 0.1) is 38.6 Å². The van der Waals surface area contributed by atoms with Gasteiger partial charge in [-0.1, -0.05) is 0 Å². The first-order chi connectivity index (χ1) is 11.6. The Bertz CT molecular complexity index is 492. The van der Waals surface area contributed by atoms with Gasteiger partial charge in [0.1, 0.15) is 22.7 Å². The highest BCUT2D eigenvalue weighted by molar-refractivity contribution is 5.25. The number of aliphatic hydroxyl groups excluding tert-OH is 2. The molecule has 7 heteroatoms. The maximum absolute atomic E-state index is 10.9. The number of aliphatic hydroxyl groups is 4. The van der Waals surface area contributed by atoms with Crippen molar-refractivity contribution in [2.75, 3.05) is 26.4 Å². The summed E-state index contributed by atoms with van der Waals surface area (Å²) in [4.78, 5) is 0. The summed E-state index contributed by atoms with van der Waals surface area (Å²) in [5.41, 5.74) is -1.90. The Labute approximate surface area is 148 Å². The van der Waals surface area contributed by atoms with Gasteiger partial charge in [-0.2, -0.15) is 0 Å². The van der Waals surface area contributed by atoms with Crippen LogP contribution in [0.3, 0.4) is 0 Å². The molecule has 4 atom stereocenters. The van der Waals surface area contributed by atoms with Gasteiger partial charge >= 0.3 is 0 Å². The van der Waals surface area contributed by atoms with Crippen molar-refractivity contribution in [1.29, 1.82) is 0 Å². The lowest BCUT2D eigenvalue weighted by Crippen LogP contribution is -2.43. The molecule has 2 aliphatic rings. The third-order valence-corrected chi connectivity index (χ3v) is 4.42. The van der Waals surface area contributed by atoms with Crippen molar-refractivity contribution in [2.45, 2.75) is 63.9 Å². The molecule has 2 saturated heterocycles. The molecule has 2 fully saturated rings. The fourth-order valence-corrected chi connectivity index (χ4v) is 3.01. The summed E-state index contributed by atoms with van der Waals surface area (Å²) in [6.07, 6.45) is 0.149. The van der Waals surface area contributed by atoms with Crippen molar-refractivity contribution in [3.05, 3.63) is 22.7 Å². The first-order valence-corrected chi connectivity index (χ1v) is 8.58. The molecule has 0 amide bonds. The zero-order valence-electron chi connectivity index (χ0n) is 15.4. The highest BCUT2D eigenvalue weighted by Crippen LogP contribution is 2.37. The van der Waals surface area contributed by atoms with Gasteiger partial charge in [0.15, 0.2) is 0 Å². The molecule has 0 aromatic rings. The number of ether oxygens (including phenoxy) is 3. The topological polar surface area (TPSA) is 115 Å². The molecule has 4 unspecified atom stereocenters. The van der Waals surface area contributed by atoms with E-state index in [0.717, 1.165) is 0 Å². The molecule has 144 valence electrons. The van der Waals surface area contributed by atoms with E-state index in [1.165, 1.54) is 0 Å². The van der Waals surface area contributed by atoms with Crippen LogP contribution >= 0.6 is 0 Å². The highest BCUT2D eigenvalue weighted by atomic mass is 16.6. The second-order valence-electron chi connectivity index (χ2n) is 7.46. The minimum atomic E-state index is -1.62. The van der Waals surface area contributed by atoms with Crippen molar-refractivity contribution in [2.24, 2.45) is 0 Å². The third kappa shape index (κ3) is 5.03. The molecule has 2 rings (SSSR count). The molecule has 2 heterocycles. The van der Waals surface area contributed by atoms with Crippen molar-refractivity contribution in [3.63, 3.8) is 0 Å². The quantitative estimate of drug-likeness (QED) is 0.334. The SMILES string of the molecule is CC(C)=C(OC(=C(C)C)C(O)(CO)CC1CO1)C(O)(CO)CC1CO1. The molecule has 0 aliphatic carbocycles. The summed E-state index contributed by atoms with van der Waals surface area (Å²) in [6, 6.07) is 0. The van der Waals surface area contributed by atoms with Gasteiger partial charge in [-0.05, 0) is 38.8 Å². The van der Waals surface area contributed by atoms with Crippen molar-refractivity contribution < 1.29 is 34.6 Å². The van der Waals surface area contributed by atoms with Gasteiger partial charge in [-0.25, -0.2) is 0 Å². The van der Waals surface area contributed by atoms with Gasteiger partial charge in [0, 0.05) is 12.8 Å². The Kier molecular flexibility index (Phi) is 6.30. The molecule has 4 N–H and O–H groups in total. The first kappa shape index (κ1) is 20.4. The van der Waals surface area contributed by atoms with Crippen LogP contribution in [0.5, 0.6) is 0 Å². The van der Waals surface area contributed by atoms with Crippen LogP contribution in [0.1, 0.15) is 40.5 Å². The van der Waals surface area contributed by atoms with E-state index in [2.05, 4.69) is 0 Å². The second kappa shape index (κ2) is 7.73. The summed E-state index contributed by atoms with van der Waals surface area (Å²) in [7, 11) is 0. The van der Waals surface area contributed by atoms with Gasteiger partial charge in [0.2, 0.25) is 0 Å². The molecule has 0 radical (unpaired) electrons. The van der Waals surface area contributed by atoms with E-state index in [9.17, 15) is 20.4 Å². The van der Waals surface area contributed by atoms with E-state index in [1.807, 2.05) is 0 Å². The molecule has 0 spiro atoms. The first-order valence-electron chi connectivity index (χ1n) is 8.58. The Morgan fingerprint density at radius 2 is 1.16 bits per heavy atom. The average Bonchev–Trinajstić information content (AvgIpc) is 3.44. The van der Waals surface area contributed by atoms with Crippen molar-refractivity contribution in [3.8, 4) is 0 Å². The molecule has 0 aromatic carbocycles. The van der Waals surface area contributed by atoms with E-state index in [1.54, 1.807) is 27.7 Å². The van der Waals surface area contributed by atoms with E-state index in [4.69, 9.17) is 14.2 Å². The van der Waals surface area contributed by atoms with E-state index >= 15 is 0 Å². The van der Waals surface area contributed by atoms with Crippen LogP contribution in [-0.4, -0.2) is 70.3 Å².